The normalized spacial score (nSPS) is 14.6. The number of carbonyl (C=O) groups excluding carboxylic acids is 1. The van der Waals surface area contributed by atoms with Crippen LogP contribution in [0.25, 0.3) is 21.8 Å². The van der Waals surface area contributed by atoms with E-state index in [2.05, 4.69) is 29.4 Å². The van der Waals surface area contributed by atoms with E-state index < -0.39 is 0 Å². The van der Waals surface area contributed by atoms with E-state index in [1.165, 1.54) is 5.56 Å². The van der Waals surface area contributed by atoms with Gasteiger partial charge in [-0.1, -0.05) is 30.3 Å². The van der Waals surface area contributed by atoms with Crippen molar-refractivity contribution in [3.05, 3.63) is 77.4 Å². The third-order valence-corrected chi connectivity index (χ3v) is 8.15. The Morgan fingerprint density at radius 2 is 1.82 bits per heavy atom. The lowest BCUT2D eigenvalue weighted by atomic mass is 9.98. The monoisotopic (exact) mass is 543 g/mol. The molecule has 202 valence electrons. The van der Waals surface area contributed by atoms with Crippen LogP contribution in [0.15, 0.2) is 66.9 Å². The first-order chi connectivity index (χ1) is 19.1. The fourth-order valence-electron chi connectivity index (χ4n) is 4.73. The van der Waals surface area contributed by atoms with Gasteiger partial charge in [0.05, 0.1) is 41.0 Å². The second kappa shape index (κ2) is 12.3. The third kappa shape index (κ3) is 6.20. The lowest BCUT2D eigenvalue weighted by Crippen LogP contribution is -2.38. The number of aromatic nitrogens is 3. The summed E-state index contributed by atoms with van der Waals surface area (Å²) in [4.78, 5) is 29.5. The van der Waals surface area contributed by atoms with E-state index >= 15 is 0 Å². The van der Waals surface area contributed by atoms with Crippen LogP contribution >= 0.6 is 11.3 Å². The van der Waals surface area contributed by atoms with Gasteiger partial charge in [0, 0.05) is 30.8 Å². The number of likely N-dealkylation sites (tertiary alicyclic amines) is 1. The number of benzene rings is 2. The fourth-order valence-corrected chi connectivity index (χ4v) is 5.95. The van der Waals surface area contributed by atoms with Crippen molar-refractivity contribution in [3.63, 3.8) is 0 Å². The number of hydrogen-bond acceptors (Lipinski definition) is 8. The maximum absolute atomic E-state index is 12.2. The quantitative estimate of drug-likeness (QED) is 0.262. The molecule has 2 aromatic heterocycles. The Kier molecular flexibility index (Phi) is 8.36. The number of rotatable bonds is 8. The molecule has 1 N–H and O–H groups in total. The molecular formula is C30H33N5O3S. The number of hydrogen-bond donors (Lipinski definition) is 1. The van der Waals surface area contributed by atoms with Gasteiger partial charge in [0.2, 0.25) is 5.95 Å². The molecule has 0 saturated carbocycles. The summed E-state index contributed by atoms with van der Waals surface area (Å²) in [6.07, 6.45) is 3.25. The van der Waals surface area contributed by atoms with E-state index in [0.29, 0.717) is 25.6 Å². The smallest absolute Gasteiger partial charge is 0.409 e. The molecule has 1 fully saturated rings. The van der Waals surface area contributed by atoms with E-state index in [1.807, 2.05) is 55.5 Å². The summed E-state index contributed by atoms with van der Waals surface area (Å²) in [5, 5.41) is 4.49. The predicted octanol–water partition coefficient (Wildman–Crippen LogP) is 6.78. The summed E-state index contributed by atoms with van der Waals surface area (Å²) in [7, 11) is 1.66. The highest BCUT2D eigenvalue weighted by molar-refractivity contribution is 7.15. The molecule has 1 aliphatic heterocycles. The summed E-state index contributed by atoms with van der Waals surface area (Å²) >= 11 is 1.67. The molecule has 0 radical (unpaired) electrons. The summed E-state index contributed by atoms with van der Waals surface area (Å²) < 4.78 is 10.6. The minimum Gasteiger partial charge on any atom is -0.497 e. The van der Waals surface area contributed by atoms with Crippen molar-refractivity contribution in [2.45, 2.75) is 38.6 Å². The van der Waals surface area contributed by atoms with Crippen LogP contribution in [0.1, 0.15) is 49.2 Å². The Morgan fingerprint density at radius 3 is 2.51 bits per heavy atom. The summed E-state index contributed by atoms with van der Waals surface area (Å²) in [6, 6.07) is 20.2. The Morgan fingerprint density at radius 1 is 1.08 bits per heavy atom. The molecule has 0 spiro atoms. The van der Waals surface area contributed by atoms with Gasteiger partial charge in [-0.3, -0.25) is 0 Å². The molecule has 4 aromatic rings. The highest BCUT2D eigenvalue weighted by Gasteiger charge is 2.28. The number of nitrogens with zero attached hydrogens (tertiary/aromatic N) is 4. The molecule has 1 atom stereocenters. The molecular weight excluding hydrogens is 510 g/mol. The maximum Gasteiger partial charge on any atom is 0.409 e. The molecule has 1 aliphatic rings. The lowest BCUT2D eigenvalue weighted by molar-refractivity contribution is 0.0970. The predicted molar refractivity (Wildman–Crippen MR) is 154 cm³/mol. The maximum atomic E-state index is 12.2. The lowest BCUT2D eigenvalue weighted by Gasteiger charge is -2.30. The van der Waals surface area contributed by atoms with Crippen LogP contribution in [0.4, 0.5) is 10.7 Å². The zero-order valence-corrected chi connectivity index (χ0v) is 23.3. The first-order valence-electron chi connectivity index (χ1n) is 13.3. The van der Waals surface area contributed by atoms with Crippen LogP contribution in [0, 0.1) is 0 Å². The number of thiazole rings is 1. The number of piperidine rings is 1. The van der Waals surface area contributed by atoms with Crippen molar-refractivity contribution < 1.29 is 14.3 Å². The largest absolute Gasteiger partial charge is 0.497 e. The first kappa shape index (κ1) is 26.6. The van der Waals surface area contributed by atoms with Gasteiger partial charge in [-0.2, -0.15) is 0 Å². The SMILES string of the molecule is CCOC(=O)N1CCC(c2nc(-c3ccc(OC)cc3)c(-c3ccnc(NC(C)c4ccccc4)n3)s2)CC1. The molecule has 9 heteroatoms. The average molecular weight is 544 g/mol. The van der Waals surface area contributed by atoms with Crippen molar-refractivity contribution in [1.82, 2.24) is 19.9 Å². The molecule has 3 heterocycles. The summed E-state index contributed by atoms with van der Waals surface area (Å²) in [5.74, 6) is 1.64. The summed E-state index contributed by atoms with van der Waals surface area (Å²) in [6.45, 7) is 5.64. The van der Waals surface area contributed by atoms with Gasteiger partial charge in [0.15, 0.2) is 0 Å². The zero-order chi connectivity index (χ0) is 27.2. The van der Waals surface area contributed by atoms with Crippen molar-refractivity contribution in [1.29, 1.82) is 0 Å². The molecule has 0 bridgehead atoms. The molecule has 0 aliphatic carbocycles. The van der Waals surface area contributed by atoms with E-state index in [4.69, 9.17) is 19.4 Å². The molecule has 5 rings (SSSR count). The van der Waals surface area contributed by atoms with E-state index in [9.17, 15) is 4.79 Å². The van der Waals surface area contributed by atoms with Crippen molar-refractivity contribution in [2.24, 2.45) is 0 Å². The fraction of sp³-hybridized carbons (Fsp3) is 0.333. The Bertz CT molecular complexity index is 1390. The van der Waals surface area contributed by atoms with E-state index in [0.717, 1.165) is 45.4 Å². The van der Waals surface area contributed by atoms with Crippen LogP contribution in [0.3, 0.4) is 0 Å². The van der Waals surface area contributed by atoms with Crippen LogP contribution in [-0.2, 0) is 4.74 Å². The molecule has 1 saturated heterocycles. The second-order valence-electron chi connectivity index (χ2n) is 9.46. The molecule has 8 nitrogen and oxygen atoms in total. The number of anilines is 1. The van der Waals surface area contributed by atoms with Crippen LogP contribution in [0.2, 0.25) is 0 Å². The standard InChI is InChI=1S/C30H33N5O3S/c1-4-38-30(36)35-18-15-23(16-19-35)28-34-26(22-10-12-24(37-3)13-11-22)27(39-28)25-14-17-31-29(33-25)32-20(2)21-8-6-5-7-9-21/h5-14,17,20,23H,4,15-16,18-19H2,1-3H3,(H,31,32,33). The highest BCUT2D eigenvalue weighted by Crippen LogP contribution is 2.41. The topological polar surface area (TPSA) is 89.5 Å². The van der Waals surface area contributed by atoms with Crippen molar-refractivity contribution >= 4 is 23.4 Å². The van der Waals surface area contributed by atoms with Gasteiger partial charge in [-0.15, -0.1) is 11.3 Å². The van der Waals surface area contributed by atoms with Crippen LogP contribution in [-0.4, -0.2) is 52.8 Å². The summed E-state index contributed by atoms with van der Waals surface area (Å²) in [5.41, 5.74) is 3.89. The first-order valence-corrected chi connectivity index (χ1v) is 14.1. The Balaban J connectivity index is 1.44. The number of carbonyl (C=O) groups is 1. The van der Waals surface area contributed by atoms with Crippen molar-refractivity contribution in [3.8, 4) is 27.6 Å². The van der Waals surface area contributed by atoms with E-state index in [-0.39, 0.29) is 18.1 Å². The molecule has 39 heavy (non-hydrogen) atoms. The average Bonchev–Trinajstić information content (AvgIpc) is 3.44. The zero-order valence-electron chi connectivity index (χ0n) is 22.5. The van der Waals surface area contributed by atoms with Gasteiger partial charge in [0.1, 0.15) is 5.75 Å². The minimum atomic E-state index is -0.236. The van der Waals surface area contributed by atoms with Crippen molar-refractivity contribution in [2.75, 3.05) is 32.1 Å². The van der Waals surface area contributed by atoms with Gasteiger partial charge < -0.3 is 19.7 Å². The molecule has 1 amide bonds. The Labute approximate surface area is 233 Å². The second-order valence-corrected chi connectivity index (χ2v) is 10.5. The van der Waals surface area contributed by atoms with E-state index in [1.54, 1.807) is 29.5 Å². The number of methoxy groups -OCH3 is 1. The van der Waals surface area contributed by atoms with Crippen LogP contribution in [0.5, 0.6) is 5.75 Å². The van der Waals surface area contributed by atoms with Gasteiger partial charge in [-0.25, -0.2) is 19.7 Å². The third-order valence-electron chi connectivity index (χ3n) is 6.91. The number of ether oxygens (including phenoxy) is 2. The minimum absolute atomic E-state index is 0.0594. The van der Waals surface area contributed by atoms with Gasteiger partial charge >= 0.3 is 6.09 Å². The van der Waals surface area contributed by atoms with Gasteiger partial charge in [0.25, 0.3) is 0 Å². The van der Waals surface area contributed by atoms with Crippen LogP contribution < -0.4 is 10.1 Å². The highest BCUT2D eigenvalue weighted by atomic mass is 32.1. The number of amides is 1. The molecule has 1 unspecified atom stereocenters. The Hall–Kier alpha value is -3.98. The molecule has 2 aromatic carbocycles. The van der Waals surface area contributed by atoms with Gasteiger partial charge in [-0.05, 0) is 62.6 Å². The number of nitrogens with one attached hydrogen (secondary N) is 1.